The highest BCUT2D eigenvalue weighted by Gasteiger charge is 2.26. The molecule has 2 aromatic rings. The number of benzene rings is 2. The van der Waals surface area contributed by atoms with Crippen LogP contribution < -0.4 is 19.1 Å². The summed E-state index contributed by atoms with van der Waals surface area (Å²) in [6.45, 7) is 2.39. The normalized spacial score (nSPS) is 13.2. The molecule has 0 aliphatic carbocycles. The van der Waals surface area contributed by atoms with Crippen LogP contribution in [0, 0.1) is 0 Å². The number of carbonyl (C=O) groups is 1. The number of methoxy groups -OCH3 is 2. The van der Waals surface area contributed by atoms with Gasteiger partial charge in [-0.05, 0) is 30.2 Å². The summed E-state index contributed by atoms with van der Waals surface area (Å²) in [6.07, 6.45) is 1.05. The summed E-state index contributed by atoms with van der Waals surface area (Å²) >= 11 is 0. The van der Waals surface area contributed by atoms with E-state index in [4.69, 9.17) is 9.47 Å². The molecule has 0 unspecified atom stereocenters. The first kappa shape index (κ1) is 19.0. The van der Waals surface area contributed by atoms with Gasteiger partial charge in [-0.1, -0.05) is 6.92 Å². The van der Waals surface area contributed by atoms with Gasteiger partial charge >= 0.3 is 0 Å². The molecule has 0 saturated carbocycles. The summed E-state index contributed by atoms with van der Waals surface area (Å²) in [5.74, 6) is 0.996. The molecular weight excluding hydrogens is 368 g/mol. The van der Waals surface area contributed by atoms with Gasteiger partial charge in [0.05, 0.1) is 24.8 Å². The molecule has 0 radical (unpaired) electrons. The van der Waals surface area contributed by atoms with Crippen molar-refractivity contribution >= 4 is 27.3 Å². The molecule has 1 N–H and O–H groups in total. The molecule has 1 heterocycles. The average Bonchev–Trinajstić information content (AvgIpc) is 3.09. The van der Waals surface area contributed by atoms with E-state index in [1.54, 1.807) is 35.2 Å². The van der Waals surface area contributed by atoms with E-state index in [-0.39, 0.29) is 10.8 Å². The Morgan fingerprint density at radius 2 is 1.78 bits per heavy atom. The number of carbonyl (C=O) groups excluding carboxylic acids is 1. The third-order valence-electron chi connectivity index (χ3n) is 4.46. The van der Waals surface area contributed by atoms with Crippen LogP contribution in [0.1, 0.15) is 18.9 Å². The van der Waals surface area contributed by atoms with Crippen LogP contribution in [0.4, 0.5) is 11.4 Å². The zero-order valence-corrected chi connectivity index (χ0v) is 16.3. The van der Waals surface area contributed by atoms with E-state index >= 15 is 0 Å². The molecule has 0 aromatic heterocycles. The first-order valence-corrected chi connectivity index (χ1v) is 10.1. The second-order valence-electron chi connectivity index (χ2n) is 6.15. The third-order valence-corrected chi connectivity index (χ3v) is 5.84. The predicted octanol–water partition coefficient (Wildman–Crippen LogP) is 2.80. The van der Waals surface area contributed by atoms with Gasteiger partial charge < -0.3 is 14.4 Å². The van der Waals surface area contributed by atoms with Crippen LogP contribution in [0.2, 0.25) is 0 Å². The Kier molecular flexibility index (Phi) is 5.27. The van der Waals surface area contributed by atoms with E-state index in [0.717, 1.165) is 11.3 Å². The van der Waals surface area contributed by atoms with E-state index in [9.17, 15) is 13.2 Å². The fourth-order valence-corrected chi connectivity index (χ4v) is 4.17. The molecule has 0 bridgehead atoms. The van der Waals surface area contributed by atoms with Gasteiger partial charge in [-0.25, -0.2) is 8.42 Å². The monoisotopic (exact) mass is 390 g/mol. The summed E-state index contributed by atoms with van der Waals surface area (Å²) in [5, 5.41) is 0. The SMILES string of the molecule is CCC(=O)N1CCc2cc(S(=O)(=O)Nc3cc(OC)cc(OC)c3)ccc21. The Hall–Kier alpha value is -2.74. The van der Waals surface area contributed by atoms with Crippen LogP contribution in [0.25, 0.3) is 0 Å². The third kappa shape index (κ3) is 3.85. The van der Waals surface area contributed by atoms with Crippen LogP contribution in [0.15, 0.2) is 41.3 Å². The fraction of sp³-hybridized carbons (Fsp3) is 0.316. The molecule has 0 saturated heterocycles. The highest BCUT2D eigenvalue weighted by Crippen LogP contribution is 2.32. The number of nitrogens with zero attached hydrogens (tertiary/aromatic N) is 1. The molecule has 1 amide bonds. The smallest absolute Gasteiger partial charge is 0.261 e. The summed E-state index contributed by atoms with van der Waals surface area (Å²) in [4.78, 5) is 13.8. The Bertz CT molecular complexity index is 950. The van der Waals surface area contributed by atoms with E-state index in [1.807, 2.05) is 6.92 Å². The summed E-state index contributed by atoms with van der Waals surface area (Å²) < 4.78 is 38.5. The number of amides is 1. The molecule has 7 nitrogen and oxygen atoms in total. The van der Waals surface area contributed by atoms with Crippen molar-refractivity contribution in [2.75, 3.05) is 30.4 Å². The highest BCUT2D eigenvalue weighted by atomic mass is 32.2. The van der Waals surface area contributed by atoms with Crippen LogP contribution in [0.3, 0.4) is 0 Å². The lowest BCUT2D eigenvalue weighted by atomic mass is 10.2. The molecule has 0 fully saturated rings. The van der Waals surface area contributed by atoms with Crippen molar-refractivity contribution in [3.05, 3.63) is 42.0 Å². The van der Waals surface area contributed by atoms with Crippen LogP contribution in [-0.4, -0.2) is 35.1 Å². The topological polar surface area (TPSA) is 84.9 Å². The van der Waals surface area contributed by atoms with Crippen molar-refractivity contribution in [3.63, 3.8) is 0 Å². The van der Waals surface area contributed by atoms with Crippen molar-refractivity contribution in [1.29, 1.82) is 0 Å². The minimum absolute atomic E-state index is 0.0333. The summed E-state index contributed by atoms with van der Waals surface area (Å²) in [6, 6.07) is 9.64. The van der Waals surface area contributed by atoms with Crippen molar-refractivity contribution in [2.45, 2.75) is 24.7 Å². The standard InChI is InChI=1S/C19H22N2O5S/c1-4-19(22)21-8-7-13-9-17(5-6-18(13)21)27(23,24)20-14-10-15(25-2)12-16(11-14)26-3/h5-6,9-12,20H,4,7-8H2,1-3H3. The molecule has 0 atom stereocenters. The number of fused-ring (bicyclic) bond motifs is 1. The molecule has 0 spiro atoms. The quantitative estimate of drug-likeness (QED) is 0.820. The molecule has 1 aliphatic heterocycles. The Morgan fingerprint density at radius 1 is 1.11 bits per heavy atom. The van der Waals surface area contributed by atoms with E-state index in [1.165, 1.54) is 20.3 Å². The van der Waals surface area contributed by atoms with Crippen molar-refractivity contribution < 1.29 is 22.7 Å². The Labute approximate surface area is 158 Å². The van der Waals surface area contributed by atoms with Gasteiger partial charge in [-0.15, -0.1) is 0 Å². The van der Waals surface area contributed by atoms with Crippen LogP contribution >= 0.6 is 0 Å². The number of hydrogen-bond donors (Lipinski definition) is 1. The van der Waals surface area contributed by atoms with E-state index in [0.29, 0.717) is 36.6 Å². The highest BCUT2D eigenvalue weighted by molar-refractivity contribution is 7.92. The van der Waals surface area contributed by atoms with Gasteiger partial charge in [0.15, 0.2) is 0 Å². The Balaban J connectivity index is 1.89. The number of rotatable bonds is 6. The van der Waals surface area contributed by atoms with Crippen molar-refractivity contribution in [3.8, 4) is 11.5 Å². The number of anilines is 2. The lowest BCUT2D eigenvalue weighted by Gasteiger charge is -2.17. The van der Waals surface area contributed by atoms with Crippen LogP contribution in [0.5, 0.6) is 11.5 Å². The molecule has 8 heteroatoms. The summed E-state index contributed by atoms with van der Waals surface area (Å²) in [7, 11) is -0.799. The summed E-state index contributed by atoms with van der Waals surface area (Å²) in [5.41, 5.74) is 1.97. The second kappa shape index (κ2) is 7.48. The number of hydrogen-bond acceptors (Lipinski definition) is 5. The average molecular weight is 390 g/mol. The second-order valence-corrected chi connectivity index (χ2v) is 7.83. The molecule has 144 valence electrons. The minimum Gasteiger partial charge on any atom is -0.497 e. The van der Waals surface area contributed by atoms with Crippen molar-refractivity contribution in [1.82, 2.24) is 0 Å². The molecule has 1 aliphatic rings. The van der Waals surface area contributed by atoms with Gasteiger partial charge in [0, 0.05) is 36.9 Å². The van der Waals surface area contributed by atoms with Crippen LogP contribution in [-0.2, 0) is 21.2 Å². The number of nitrogens with one attached hydrogen (secondary N) is 1. The number of ether oxygens (including phenoxy) is 2. The van der Waals surface area contributed by atoms with Gasteiger partial charge in [-0.3, -0.25) is 9.52 Å². The maximum atomic E-state index is 12.8. The maximum Gasteiger partial charge on any atom is 0.261 e. The predicted molar refractivity (Wildman–Crippen MR) is 103 cm³/mol. The number of sulfonamides is 1. The van der Waals surface area contributed by atoms with Gasteiger partial charge in [-0.2, -0.15) is 0 Å². The zero-order valence-electron chi connectivity index (χ0n) is 15.5. The van der Waals surface area contributed by atoms with Gasteiger partial charge in [0.25, 0.3) is 10.0 Å². The first-order chi connectivity index (χ1) is 12.9. The lowest BCUT2D eigenvalue weighted by Crippen LogP contribution is -2.27. The van der Waals surface area contributed by atoms with E-state index < -0.39 is 10.0 Å². The molecular formula is C19H22N2O5S. The minimum atomic E-state index is -3.79. The maximum absolute atomic E-state index is 12.8. The molecule has 27 heavy (non-hydrogen) atoms. The van der Waals surface area contributed by atoms with E-state index in [2.05, 4.69) is 4.72 Å². The fourth-order valence-electron chi connectivity index (χ4n) is 3.08. The Morgan fingerprint density at radius 3 is 2.37 bits per heavy atom. The van der Waals surface area contributed by atoms with Crippen molar-refractivity contribution in [2.24, 2.45) is 0 Å². The van der Waals surface area contributed by atoms with Gasteiger partial charge in [0.1, 0.15) is 11.5 Å². The largest absolute Gasteiger partial charge is 0.497 e. The first-order valence-electron chi connectivity index (χ1n) is 8.57. The lowest BCUT2D eigenvalue weighted by molar-refractivity contribution is -0.118. The molecule has 3 rings (SSSR count). The van der Waals surface area contributed by atoms with Gasteiger partial charge in [0.2, 0.25) is 5.91 Å². The molecule has 2 aromatic carbocycles. The zero-order chi connectivity index (χ0) is 19.6.